The molecule has 0 amide bonds. The molecule has 0 fully saturated rings. The number of esters is 1. The van der Waals surface area contributed by atoms with Gasteiger partial charge in [0.25, 0.3) is 0 Å². The molecule has 2 heterocycles. The van der Waals surface area contributed by atoms with Gasteiger partial charge in [0.2, 0.25) is 0 Å². The number of aromatic nitrogens is 1. The molecular formula is C40H57NO4. The first-order valence-electron chi connectivity index (χ1n) is 17.8. The van der Waals surface area contributed by atoms with Crippen LogP contribution in [0.3, 0.4) is 0 Å². The number of hydrogen-bond acceptors (Lipinski definition) is 5. The molecule has 246 valence electrons. The number of ether oxygens (including phenoxy) is 2. The summed E-state index contributed by atoms with van der Waals surface area (Å²) in [7, 11) is 0. The molecule has 1 aromatic heterocycles. The van der Waals surface area contributed by atoms with Crippen molar-refractivity contribution < 1.29 is 19.4 Å². The van der Waals surface area contributed by atoms with Crippen molar-refractivity contribution in [2.45, 2.75) is 155 Å². The van der Waals surface area contributed by atoms with Gasteiger partial charge in [0, 0.05) is 10.9 Å². The van der Waals surface area contributed by atoms with Crippen molar-refractivity contribution in [3.63, 3.8) is 0 Å². The first-order chi connectivity index (χ1) is 21.7. The van der Waals surface area contributed by atoms with Crippen LogP contribution >= 0.6 is 0 Å². The summed E-state index contributed by atoms with van der Waals surface area (Å²) in [5, 5.41) is 11.8. The minimum atomic E-state index is -1.46. The maximum Gasteiger partial charge on any atom is 0.346 e. The Balaban J connectivity index is 1.24. The number of benzene rings is 2. The third-order valence-corrected chi connectivity index (χ3v) is 9.95. The first-order valence-corrected chi connectivity index (χ1v) is 17.8. The number of unbranched alkanes of at least 4 members (excludes halogenated alkanes) is 13. The van der Waals surface area contributed by atoms with E-state index in [4.69, 9.17) is 9.47 Å². The van der Waals surface area contributed by atoms with E-state index in [2.05, 4.69) is 18.8 Å². The van der Waals surface area contributed by atoms with Crippen LogP contribution in [0.4, 0.5) is 0 Å². The quantitative estimate of drug-likeness (QED) is 0.0876. The largest absolute Gasteiger partial charge is 0.487 e. The second-order valence-electron chi connectivity index (χ2n) is 13.7. The third-order valence-electron chi connectivity index (χ3n) is 9.95. The fraction of sp³-hybridized carbons (Fsp3) is 0.600. The minimum absolute atomic E-state index is 0.177. The van der Waals surface area contributed by atoms with Crippen molar-refractivity contribution in [2.75, 3.05) is 0 Å². The SMILES string of the molecule is CCCCCCCCCCCCCCCCC1(C)CCc2c(C)c(OC(=O)C(O)c3ccc4ccccc4n3)c(C)c(C)c2O1. The summed E-state index contributed by atoms with van der Waals surface area (Å²) in [6, 6.07) is 11.2. The van der Waals surface area contributed by atoms with Gasteiger partial charge in [0.05, 0.1) is 11.2 Å². The van der Waals surface area contributed by atoms with Crippen LogP contribution in [0.15, 0.2) is 36.4 Å². The average Bonchev–Trinajstić information content (AvgIpc) is 3.05. The smallest absolute Gasteiger partial charge is 0.346 e. The Labute approximate surface area is 272 Å². The number of carbonyl (C=O) groups excluding carboxylic acids is 1. The highest BCUT2D eigenvalue weighted by molar-refractivity contribution is 5.82. The number of nitrogens with zero attached hydrogens (tertiary/aromatic N) is 1. The molecule has 1 N–H and O–H groups in total. The minimum Gasteiger partial charge on any atom is -0.487 e. The summed E-state index contributed by atoms with van der Waals surface area (Å²) in [5.41, 5.74) is 4.74. The number of para-hydroxylation sites is 1. The molecule has 2 aromatic carbocycles. The Kier molecular flexibility index (Phi) is 13.3. The van der Waals surface area contributed by atoms with Gasteiger partial charge in [-0.2, -0.15) is 0 Å². The Hall–Kier alpha value is -2.92. The lowest BCUT2D eigenvalue weighted by molar-refractivity contribution is -0.144. The van der Waals surface area contributed by atoms with E-state index in [9.17, 15) is 9.90 Å². The van der Waals surface area contributed by atoms with Crippen LogP contribution in [0.5, 0.6) is 11.5 Å². The van der Waals surface area contributed by atoms with Gasteiger partial charge < -0.3 is 14.6 Å². The lowest BCUT2D eigenvalue weighted by atomic mass is 9.84. The predicted octanol–water partition coefficient (Wildman–Crippen LogP) is 10.8. The molecule has 0 spiro atoms. The summed E-state index contributed by atoms with van der Waals surface area (Å²) < 4.78 is 12.6. The van der Waals surface area contributed by atoms with Crippen LogP contribution in [-0.4, -0.2) is 21.7 Å². The van der Waals surface area contributed by atoms with Crippen molar-refractivity contribution in [2.24, 2.45) is 0 Å². The molecule has 0 bridgehead atoms. The monoisotopic (exact) mass is 615 g/mol. The van der Waals surface area contributed by atoms with Crippen LogP contribution in [0.2, 0.25) is 0 Å². The number of aliphatic hydroxyl groups is 1. The van der Waals surface area contributed by atoms with Crippen molar-refractivity contribution in [1.29, 1.82) is 0 Å². The summed E-state index contributed by atoms with van der Waals surface area (Å²) in [6.07, 6.45) is 20.5. The van der Waals surface area contributed by atoms with Gasteiger partial charge in [0.1, 0.15) is 17.1 Å². The number of rotatable bonds is 18. The standard InChI is InChI=1S/C40H57NO4/c1-6-7-8-9-10-11-12-13-14-15-16-17-18-21-27-40(5)28-26-33-31(4)37(29(2)30(3)38(33)45-40)44-39(43)36(42)35-25-24-32-22-19-20-23-34(32)41-35/h19-20,22-25,36,42H,6-18,21,26-28H2,1-5H3. The molecule has 0 saturated heterocycles. The normalized spacial score (nSPS) is 16.8. The van der Waals surface area contributed by atoms with Crippen LogP contribution in [-0.2, 0) is 11.2 Å². The molecule has 45 heavy (non-hydrogen) atoms. The van der Waals surface area contributed by atoms with Gasteiger partial charge in [-0.25, -0.2) is 9.78 Å². The van der Waals surface area contributed by atoms with E-state index in [0.717, 1.165) is 58.2 Å². The lowest BCUT2D eigenvalue weighted by Crippen LogP contribution is -2.37. The highest BCUT2D eigenvalue weighted by Gasteiger charge is 2.35. The molecule has 4 rings (SSSR count). The Morgan fingerprint density at radius 3 is 2.09 bits per heavy atom. The molecule has 5 nitrogen and oxygen atoms in total. The summed E-state index contributed by atoms with van der Waals surface area (Å²) in [6.45, 7) is 10.5. The van der Waals surface area contributed by atoms with E-state index in [1.54, 1.807) is 6.07 Å². The molecule has 3 aromatic rings. The summed E-state index contributed by atoms with van der Waals surface area (Å²) >= 11 is 0. The van der Waals surface area contributed by atoms with Crippen LogP contribution in [0.1, 0.15) is 151 Å². The maximum atomic E-state index is 13.1. The van der Waals surface area contributed by atoms with E-state index in [1.807, 2.05) is 51.1 Å². The number of pyridine rings is 1. The van der Waals surface area contributed by atoms with Crippen LogP contribution in [0, 0.1) is 20.8 Å². The van der Waals surface area contributed by atoms with Gasteiger partial charge in [-0.15, -0.1) is 0 Å². The van der Waals surface area contributed by atoms with Crippen LogP contribution < -0.4 is 9.47 Å². The number of fused-ring (bicyclic) bond motifs is 2. The molecule has 1 aliphatic rings. The van der Waals surface area contributed by atoms with E-state index in [-0.39, 0.29) is 11.3 Å². The maximum absolute atomic E-state index is 13.1. The van der Waals surface area contributed by atoms with Gasteiger partial charge >= 0.3 is 5.97 Å². The molecule has 0 saturated carbocycles. The molecular weight excluding hydrogens is 558 g/mol. The van der Waals surface area contributed by atoms with Crippen molar-refractivity contribution in [3.05, 3.63) is 64.3 Å². The summed E-state index contributed by atoms with van der Waals surface area (Å²) in [5.74, 6) is 0.749. The number of aliphatic hydroxyl groups excluding tert-OH is 1. The van der Waals surface area contributed by atoms with E-state index < -0.39 is 12.1 Å². The topological polar surface area (TPSA) is 68.7 Å². The van der Waals surface area contributed by atoms with Gasteiger partial charge in [-0.3, -0.25) is 0 Å². The Morgan fingerprint density at radius 1 is 0.844 bits per heavy atom. The molecule has 0 aliphatic carbocycles. The zero-order chi connectivity index (χ0) is 32.2. The van der Waals surface area contributed by atoms with Gasteiger partial charge in [-0.05, 0) is 82.2 Å². The van der Waals surface area contributed by atoms with Gasteiger partial charge in [0.15, 0.2) is 6.10 Å². The van der Waals surface area contributed by atoms with E-state index in [1.165, 1.54) is 89.9 Å². The van der Waals surface area contributed by atoms with Crippen molar-refractivity contribution >= 4 is 16.9 Å². The average molecular weight is 616 g/mol. The second-order valence-corrected chi connectivity index (χ2v) is 13.7. The zero-order valence-corrected chi connectivity index (χ0v) is 28.7. The van der Waals surface area contributed by atoms with E-state index >= 15 is 0 Å². The summed E-state index contributed by atoms with van der Waals surface area (Å²) in [4.78, 5) is 17.6. The predicted molar refractivity (Wildman–Crippen MR) is 185 cm³/mol. The highest BCUT2D eigenvalue weighted by Crippen LogP contribution is 2.45. The second kappa shape index (κ2) is 17.1. The van der Waals surface area contributed by atoms with E-state index in [0.29, 0.717) is 5.75 Å². The third kappa shape index (κ3) is 9.54. The van der Waals surface area contributed by atoms with Gasteiger partial charge in [-0.1, -0.05) is 115 Å². The zero-order valence-electron chi connectivity index (χ0n) is 28.7. The Bertz CT molecular complexity index is 1400. The molecule has 1 aliphatic heterocycles. The fourth-order valence-corrected chi connectivity index (χ4v) is 6.82. The lowest BCUT2D eigenvalue weighted by Gasteiger charge is -2.38. The first kappa shape index (κ1) is 34.9. The number of hydrogen-bond donors (Lipinski definition) is 1. The fourth-order valence-electron chi connectivity index (χ4n) is 6.82. The molecule has 0 radical (unpaired) electrons. The number of carbonyl (C=O) groups is 1. The molecule has 2 atom stereocenters. The van der Waals surface area contributed by atoms with Crippen LogP contribution in [0.25, 0.3) is 10.9 Å². The highest BCUT2D eigenvalue weighted by atomic mass is 16.6. The molecule has 5 heteroatoms. The molecule has 2 unspecified atom stereocenters. The van der Waals surface area contributed by atoms with Crippen molar-refractivity contribution in [1.82, 2.24) is 4.98 Å². The van der Waals surface area contributed by atoms with Crippen molar-refractivity contribution in [3.8, 4) is 11.5 Å². The Morgan fingerprint density at radius 2 is 1.44 bits per heavy atom.